The molecular weight excluding hydrogens is 382 g/mol. The Morgan fingerprint density at radius 3 is 2.59 bits per heavy atom. The predicted molar refractivity (Wildman–Crippen MR) is 97.1 cm³/mol. The van der Waals surface area contributed by atoms with Crippen LogP contribution in [0, 0.1) is 17.1 Å². The second-order valence-corrected chi connectivity index (χ2v) is 7.02. The average Bonchev–Trinajstić information content (AvgIpc) is 2.97. The minimum atomic E-state index is -2.01. The van der Waals surface area contributed by atoms with Crippen molar-refractivity contribution in [2.75, 3.05) is 31.1 Å². The van der Waals surface area contributed by atoms with Crippen LogP contribution in [0.1, 0.15) is 24.0 Å². The number of anilines is 1. The molecule has 2 aromatic rings. The number of carbonyl (C=O) groups excluding carboxylic acids is 1. The number of pyridine rings is 1. The molecule has 4 rings (SSSR count). The van der Waals surface area contributed by atoms with Gasteiger partial charge in [-0.2, -0.15) is 5.26 Å². The first-order valence-electron chi connectivity index (χ1n) is 9.21. The first-order valence-corrected chi connectivity index (χ1v) is 9.21. The van der Waals surface area contributed by atoms with Gasteiger partial charge < -0.3 is 14.5 Å². The van der Waals surface area contributed by atoms with E-state index < -0.39 is 17.4 Å². The van der Waals surface area contributed by atoms with Crippen molar-refractivity contribution >= 4 is 11.9 Å². The molecule has 2 aliphatic heterocycles. The number of fused-ring (bicyclic) bond motifs is 1. The van der Waals surface area contributed by atoms with Gasteiger partial charge in [-0.15, -0.1) is 0 Å². The van der Waals surface area contributed by atoms with E-state index in [1.54, 1.807) is 4.90 Å². The maximum Gasteiger partial charge on any atom is 0.260 e. The lowest BCUT2D eigenvalue weighted by molar-refractivity contribution is -0.146. The third kappa shape index (κ3) is 3.68. The lowest BCUT2D eigenvalue weighted by atomic mass is 9.91. The van der Waals surface area contributed by atoms with Crippen LogP contribution in [0.4, 0.5) is 14.7 Å². The summed E-state index contributed by atoms with van der Waals surface area (Å²) in [5.74, 6) is -0.434. The highest BCUT2D eigenvalue weighted by Crippen LogP contribution is 2.33. The average molecular weight is 400 g/mol. The van der Waals surface area contributed by atoms with Crippen molar-refractivity contribution in [1.29, 1.82) is 5.26 Å². The maximum atomic E-state index is 15.5. The Morgan fingerprint density at radius 2 is 1.90 bits per heavy atom. The Balaban J connectivity index is 1.46. The van der Waals surface area contributed by atoms with Gasteiger partial charge in [0.2, 0.25) is 5.95 Å². The summed E-state index contributed by atoms with van der Waals surface area (Å²) in [5.41, 5.74) is -1.14. The molecule has 150 valence electrons. The topological polar surface area (TPSA) is 95.2 Å². The molecule has 0 aromatic carbocycles. The largest absolute Gasteiger partial charge is 0.490 e. The molecule has 8 nitrogen and oxygen atoms in total. The first kappa shape index (κ1) is 19.0. The molecule has 1 fully saturated rings. The summed E-state index contributed by atoms with van der Waals surface area (Å²) < 4.78 is 34.1. The minimum Gasteiger partial charge on any atom is -0.490 e. The zero-order valence-corrected chi connectivity index (χ0v) is 15.5. The van der Waals surface area contributed by atoms with Gasteiger partial charge in [-0.05, 0) is 0 Å². The number of alkyl halides is 1. The van der Waals surface area contributed by atoms with Crippen molar-refractivity contribution in [2.45, 2.75) is 25.1 Å². The van der Waals surface area contributed by atoms with E-state index in [0.717, 1.165) is 12.4 Å². The van der Waals surface area contributed by atoms with Crippen molar-refractivity contribution in [3.05, 3.63) is 41.7 Å². The molecule has 0 radical (unpaired) electrons. The van der Waals surface area contributed by atoms with Gasteiger partial charge in [-0.25, -0.2) is 18.7 Å². The van der Waals surface area contributed by atoms with Crippen LogP contribution in [0.3, 0.4) is 0 Å². The fraction of sp³-hybridized carbons (Fsp3) is 0.421. The van der Waals surface area contributed by atoms with E-state index in [1.807, 2.05) is 6.07 Å². The Labute approximate surface area is 165 Å². The maximum absolute atomic E-state index is 15.5. The van der Waals surface area contributed by atoms with Crippen molar-refractivity contribution in [3.63, 3.8) is 0 Å². The van der Waals surface area contributed by atoms with Crippen LogP contribution in [-0.4, -0.2) is 57.7 Å². The molecule has 0 N–H and O–H groups in total. The SMILES string of the molecule is N#Cc1cncc2c1OCCN(C(=O)C1(F)CCN(c3ncc(F)cn3)CC1)C2. The molecular formula is C19H18F2N6O2. The van der Waals surface area contributed by atoms with Gasteiger partial charge in [-0.3, -0.25) is 9.78 Å². The molecule has 4 heterocycles. The third-order valence-electron chi connectivity index (χ3n) is 5.18. The Bertz CT molecular complexity index is 954. The number of nitrogens with zero attached hydrogens (tertiary/aromatic N) is 6. The summed E-state index contributed by atoms with van der Waals surface area (Å²) in [6, 6.07) is 2.02. The van der Waals surface area contributed by atoms with E-state index in [9.17, 15) is 14.4 Å². The van der Waals surface area contributed by atoms with Crippen LogP contribution >= 0.6 is 0 Å². The van der Waals surface area contributed by atoms with E-state index in [1.165, 1.54) is 17.3 Å². The summed E-state index contributed by atoms with van der Waals surface area (Å²) in [6.45, 7) is 1.01. The molecule has 10 heteroatoms. The molecule has 0 bridgehead atoms. The summed E-state index contributed by atoms with van der Waals surface area (Å²) >= 11 is 0. The Hall–Kier alpha value is -3.35. The van der Waals surface area contributed by atoms with E-state index in [2.05, 4.69) is 15.0 Å². The number of hydrogen-bond acceptors (Lipinski definition) is 7. The fourth-order valence-corrected chi connectivity index (χ4v) is 3.60. The van der Waals surface area contributed by atoms with Crippen LogP contribution in [0.5, 0.6) is 5.75 Å². The molecule has 0 saturated carbocycles. The minimum absolute atomic E-state index is 0.0206. The van der Waals surface area contributed by atoms with Gasteiger partial charge in [0.25, 0.3) is 5.91 Å². The third-order valence-corrected chi connectivity index (χ3v) is 5.18. The molecule has 0 spiro atoms. The standard InChI is InChI=1S/C19H18F2N6O2/c20-15-10-24-18(25-11-15)26-3-1-19(21,2-4-26)17(28)27-5-6-29-16-13(7-22)8-23-9-14(16)12-27/h8-11H,1-6,12H2. The van der Waals surface area contributed by atoms with Gasteiger partial charge in [0.05, 0.1) is 25.5 Å². The molecule has 2 aliphatic rings. The molecule has 1 saturated heterocycles. The quantitative estimate of drug-likeness (QED) is 0.756. The van der Waals surface area contributed by atoms with Gasteiger partial charge in [-0.1, -0.05) is 0 Å². The van der Waals surface area contributed by atoms with Gasteiger partial charge in [0.1, 0.15) is 24.0 Å². The molecule has 2 aromatic heterocycles. The zero-order valence-electron chi connectivity index (χ0n) is 15.5. The van der Waals surface area contributed by atoms with E-state index in [4.69, 9.17) is 4.74 Å². The van der Waals surface area contributed by atoms with Gasteiger partial charge in [0, 0.05) is 43.9 Å². The molecule has 1 amide bonds. The van der Waals surface area contributed by atoms with Crippen LogP contribution in [-0.2, 0) is 11.3 Å². The van der Waals surface area contributed by atoms with Crippen molar-refractivity contribution < 1.29 is 18.3 Å². The van der Waals surface area contributed by atoms with Crippen molar-refractivity contribution in [1.82, 2.24) is 19.9 Å². The number of amides is 1. The summed E-state index contributed by atoms with van der Waals surface area (Å²) in [7, 11) is 0. The summed E-state index contributed by atoms with van der Waals surface area (Å²) in [5, 5.41) is 9.19. The lowest BCUT2D eigenvalue weighted by Gasteiger charge is -2.37. The Morgan fingerprint density at radius 1 is 1.17 bits per heavy atom. The van der Waals surface area contributed by atoms with Crippen LogP contribution in [0.25, 0.3) is 0 Å². The van der Waals surface area contributed by atoms with Crippen LogP contribution < -0.4 is 9.64 Å². The number of rotatable bonds is 2. The number of aromatic nitrogens is 3. The van der Waals surface area contributed by atoms with Crippen molar-refractivity contribution in [2.24, 2.45) is 0 Å². The van der Waals surface area contributed by atoms with Crippen LogP contribution in [0.2, 0.25) is 0 Å². The fourth-order valence-electron chi connectivity index (χ4n) is 3.60. The first-order chi connectivity index (χ1) is 14.0. The highest BCUT2D eigenvalue weighted by Gasteiger charge is 2.45. The number of ether oxygens (including phenoxy) is 1. The number of piperidine rings is 1. The van der Waals surface area contributed by atoms with E-state index >= 15 is 4.39 Å². The zero-order chi connectivity index (χ0) is 20.4. The van der Waals surface area contributed by atoms with E-state index in [-0.39, 0.29) is 45.6 Å². The van der Waals surface area contributed by atoms with Crippen molar-refractivity contribution in [3.8, 4) is 11.8 Å². The number of hydrogen-bond donors (Lipinski definition) is 0. The monoisotopic (exact) mass is 400 g/mol. The molecule has 0 aliphatic carbocycles. The second kappa shape index (κ2) is 7.58. The lowest BCUT2D eigenvalue weighted by Crippen LogP contribution is -2.53. The predicted octanol–water partition coefficient (Wildman–Crippen LogP) is 1.61. The molecule has 0 atom stereocenters. The number of halogens is 2. The summed E-state index contributed by atoms with van der Waals surface area (Å²) in [4.78, 5) is 28.0. The second-order valence-electron chi connectivity index (χ2n) is 7.02. The Kier molecular flexibility index (Phi) is 4.96. The highest BCUT2D eigenvalue weighted by molar-refractivity contribution is 5.85. The molecule has 0 unspecified atom stereocenters. The highest BCUT2D eigenvalue weighted by atomic mass is 19.1. The summed E-state index contributed by atoms with van der Waals surface area (Å²) in [6.07, 6.45) is 5.01. The van der Waals surface area contributed by atoms with Gasteiger partial charge in [0.15, 0.2) is 11.5 Å². The molecule has 29 heavy (non-hydrogen) atoms. The smallest absolute Gasteiger partial charge is 0.260 e. The van der Waals surface area contributed by atoms with Gasteiger partial charge >= 0.3 is 0 Å². The number of nitriles is 1. The van der Waals surface area contributed by atoms with E-state index in [0.29, 0.717) is 22.8 Å². The number of carbonyl (C=O) groups is 1. The van der Waals surface area contributed by atoms with Crippen LogP contribution in [0.15, 0.2) is 24.8 Å². The normalized spacial score (nSPS) is 18.2.